The molecule has 3 heterocycles. The van der Waals surface area contributed by atoms with Crippen LogP contribution in [0.3, 0.4) is 0 Å². The number of aromatic nitrogens is 1. The largest absolute Gasteiger partial charge is 0.488 e. The molecule has 7 heteroatoms. The Morgan fingerprint density at radius 2 is 1.93 bits per heavy atom. The van der Waals surface area contributed by atoms with Crippen LogP contribution in [-0.4, -0.2) is 55.1 Å². The molecule has 0 atom stereocenters. The first-order chi connectivity index (χ1) is 13.2. The molecule has 1 aromatic heterocycles. The molecule has 0 spiro atoms. The Balaban J connectivity index is 1.64. The number of pyridine rings is 1. The van der Waals surface area contributed by atoms with Gasteiger partial charge in [-0.05, 0) is 37.1 Å². The average molecular weight is 367 g/mol. The van der Waals surface area contributed by atoms with Gasteiger partial charge in [0, 0.05) is 25.0 Å². The molecule has 0 saturated carbocycles. The number of fused-ring (bicyclic) bond motifs is 1. The SMILES string of the molecule is COC(=O)c1cccc(N2CCOc3cc(C(=O)N4CCCC4)cnc32)c1. The zero-order chi connectivity index (χ0) is 18.8. The number of carbonyl (C=O) groups is 2. The molecule has 2 aromatic rings. The summed E-state index contributed by atoms with van der Waals surface area (Å²) >= 11 is 0. The summed E-state index contributed by atoms with van der Waals surface area (Å²) in [4.78, 5) is 32.8. The summed E-state index contributed by atoms with van der Waals surface area (Å²) in [7, 11) is 1.36. The Labute approximate surface area is 157 Å². The van der Waals surface area contributed by atoms with E-state index in [1.165, 1.54) is 7.11 Å². The number of likely N-dealkylation sites (tertiary alicyclic amines) is 1. The van der Waals surface area contributed by atoms with Crippen LogP contribution in [0.15, 0.2) is 36.5 Å². The maximum absolute atomic E-state index is 12.6. The van der Waals surface area contributed by atoms with Crippen LogP contribution >= 0.6 is 0 Å². The number of esters is 1. The monoisotopic (exact) mass is 367 g/mol. The summed E-state index contributed by atoms with van der Waals surface area (Å²) in [5, 5.41) is 0. The molecule has 1 aromatic carbocycles. The van der Waals surface area contributed by atoms with Gasteiger partial charge in [-0.1, -0.05) is 6.07 Å². The number of nitrogens with zero attached hydrogens (tertiary/aromatic N) is 3. The lowest BCUT2D eigenvalue weighted by molar-refractivity contribution is 0.0600. The van der Waals surface area contributed by atoms with Crippen LogP contribution in [0.25, 0.3) is 0 Å². The van der Waals surface area contributed by atoms with Gasteiger partial charge in [0.1, 0.15) is 6.61 Å². The van der Waals surface area contributed by atoms with E-state index in [4.69, 9.17) is 9.47 Å². The highest BCUT2D eigenvalue weighted by Crippen LogP contribution is 2.35. The normalized spacial score (nSPS) is 15.9. The van der Waals surface area contributed by atoms with Crippen molar-refractivity contribution in [3.05, 3.63) is 47.7 Å². The lowest BCUT2D eigenvalue weighted by Gasteiger charge is -2.30. The number of rotatable bonds is 3. The summed E-state index contributed by atoms with van der Waals surface area (Å²) in [6.45, 7) is 2.66. The standard InChI is InChI=1S/C20H21N3O4/c1-26-20(25)14-5-4-6-16(11-14)23-9-10-27-17-12-15(13-21-18(17)23)19(24)22-7-2-3-8-22/h4-6,11-13H,2-3,7-10H2,1H3. The van der Waals surface area contributed by atoms with E-state index in [1.807, 2.05) is 21.9 Å². The van der Waals surface area contributed by atoms with Crippen molar-refractivity contribution in [2.24, 2.45) is 0 Å². The number of amides is 1. The first-order valence-corrected chi connectivity index (χ1v) is 9.05. The van der Waals surface area contributed by atoms with Crippen molar-refractivity contribution in [1.29, 1.82) is 0 Å². The van der Waals surface area contributed by atoms with Gasteiger partial charge in [0.15, 0.2) is 11.6 Å². The van der Waals surface area contributed by atoms with E-state index in [0.29, 0.717) is 35.8 Å². The Hall–Kier alpha value is -3.09. The van der Waals surface area contributed by atoms with Crippen molar-refractivity contribution < 1.29 is 19.1 Å². The fourth-order valence-corrected chi connectivity index (χ4v) is 3.49. The number of carbonyl (C=O) groups excluding carboxylic acids is 2. The zero-order valence-corrected chi connectivity index (χ0v) is 15.2. The molecular weight excluding hydrogens is 346 g/mol. The molecule has 27 heavy (non-hydrogen) atoms. The van der Waals surface area contributed by atoms with E-state index in [2.05, 4.69) is 4.98 Å². The minimum absolute atomic E-state index is 0.00351. The summed E-state index contributed by atoms with van der Waals surface area (Å²) in [5.74, 6) is 0.831. The Bertz CT molecular complexity index is 877. The Morgan fingerprint density at radius 1 is 1.11 bits per heavy atom. The highest BCUT2D eigenvalue weighted by molar-refractivity contribution is 5.95. The number of hydrogen-bond donors (Lipinski definition) is 0. The highest BCUT2D eigenvalue weighted by atomic mass is 16.5. The van der Waals surface area contributed by atoms with Gasteiger partial charge < -0.3 is 19.3 Å². The Kier molecular flexibility index (Phi) is 4.66. The molecular formula is C20H21N3O4. The third-order valence-corrected chi connectivity index (χ3v) is 4.88. The second-order valence-electron chi connectivity index (χ2n) is 6.59. The van der Waals surface area contributed by atoms with E-state index in [-0.39, 0.29) is 11.9 Å². The molecule has 2 aliphatic rings. The summed E-state index contributed by atoms with van der Waals surface area (Å²) in [6, 6.07) is 8.96. The van der Waals surface area contributed by atoms with Crippen LogP contribution in [0.5, 0.6) is 5.75 Å². The van der Waals surface area contributed by atoms with Crippen molar-refractivity contribution in [2.75, 3.05) is 38.3 Å². The number of anilines is 2. The van der Waals surface area contributed by atoms with Crippen molar-refractivity contribution in [2.45, 2.75) is 12.8 Å². The first-order valence-electron chi connectivity index (χ1n) is 9.05. The lowest BCUT2D eigenvalue weighted by atomic mass is 10.1. The smallest absolute Gasteiger partial charge is 0.337 e. The fourth-order valence-electron chi connectivity index (χ4n) is 3.49. The maximum Gasteiger partial charge on any atom is 0.337 e. The molecule has 140 valence electrons. The molecule has 2 aliphatic heterocycles. The van der Waals surface area contributed by atoms with E-state index in [1.54, 1.807) is 24.4 Å². The van der Waals surface area contributed by atoms with Crippen molar-refractivity contribution >= 4 is 23.4 Å². The van der Waals surface area contributed by atoms with Gasteiger partial charge in [0.2, 0.25) is 0 Å². The van der Waals surface area contributed by atoms with Gasteiger partial charge in [-0.25, -0.2) is 9.78 Å². The van der Waals surface area contributed by atoms with E-state index < -0.39 is 0 Å². The number of methoxy groups -OCH3 is 1. The van der Waals surface area contributed by atoms with Gasteiger partial charge in [0.05, 0.1) is 24.8 Å². The predicted octanol–water partition coefficient (Wildman–Crippen LogP) is 2.63. The van der Waals surface area contributed by atoms with Crippen LogP contribution in [0.4, 0.5) is 11.5 Å². The number of hydrogen-bond acceptors (Lipinski definition) is 6. The number of benzene rings is 1. The molecule has 1 saturated heterocycles. The first kappa shape index (κ1) is 17.3. The minimum atomic E-state index is -0.384. The minimum Gasteiger partial charge on any atom is -0.488 e. The van der Waals surface area contributed by atoms with Crippen LogP contribution < -0.4 is 9.64 Å². The highest BCUT2D eigenvalue weighted by Gasteiger charge is 2.25. The maximum atomic E-state index is 12.6. The molecule has 0 radical (unpaired) electrons. The van der Waals surface area contributed by atoms with E-state index >= 15 is 0 Å². The number of ether oxygens (including phenoxy) is 2. The average Bonchev–Trinajstić information content (AvgIpc) is 3.26. The van der Waals surface area contributed by atoms with Crippen molar-refractivity contribution in [3.8, 4) is 5.75 Å². The van der Waals surface area contributed by atoms with Crippen molar-refractivity contribution in [3.63, 3.8) is 0 Å². The van der Waals surface area contributed by atoms with Gasteiger partial charge in [0.25, 0.3) is 5.91 Å². The zero-order valence-electron chi connectivity index (χ0n) is 15.2. The van der Waals surface area contributed by atoms with E-state index in [0.717, 1.165) is 31.6 Å². The summed E-state index contributed by atoms with van der Waals surface area (Å²) < 4.78 is 10.6. The molecule has 4 rings (SSSR count). The lowest BCUT2D eigenvalue weighted by Crippen LogP contribution is -2.31. The fraction of sp³-hybridized carbons (Fsp3) is 0.350. The van der Waals surface area contributed by atoms with Crippen LogP contribution in [0, 0.1) is 0 Å². The molecule has 7 nitrogen and oxygen atoms in total. The topological polar surface area (TPSA) is 72.0 Å². The van der Waals surface area contributed by atoms with Gasteiger partial charge in [-0.3, -0.25) is 4.79 Å². The van der Waals surface area contributed by atoms with Crippen LogP contribution in [-0.2, 0) is 4.74 Å². The molecule has 0 aliphatic carbocycles. The second-order valence-corrected chi connectivity index (χ2v) is 6.59. The van der Waals surface area contributed by atoms with Gasteiger partial charge in [-0.15, -0.1) is 0 Å². The third kappa shape index (κ3) is 3.32. The second kappa shape index (κ2) is 7.26. The Morgan fingerprint density at radius 3 is 2.70 bits per heavy atom. The summed E-state index contributed by atoms with van der Waals surface area (Å²) in [5.41, 5.74) is 1.85. The molecule has 1 amide bonds. The molecule has 1 fully saturated rings. The van der Waals surface area contributed by atoms with Gasteiger partial charge >= 0.3 is 5.97 Å². The summed E-state index contributed by atoms with van der Waals surface area (Å²) in [6.07, 6.45) is 3.70. The third-order valence-electron chi connectivity index (χ3n) is 4.88. The van der Waals surface area contributed by atoms with E-state index in [9.17, 15) is 9.59 Å². The predicted molar refractivity (Wildman–Crippen MR) is 99.7 cm³/mol. The molecule has 0 N–H and O–H groups in total. The molecule has 0 bridgehead atoms. The van der Waals surface area contributed by atoms with Crippen LogP contribution in [0.2, 0.25) is 0 Å². The van der Waals surface area contributed by atoms with Crippen molar-refractivity contribution in [1.82, 2.24) is 9.88 Å². The quantitative estimate of drug-likeness (QED) is 0.777. The molecule has 0 unspecified atom stereocenters. The van der Waals surface area contributed by atoms with Gasteiger partial charge in [-0.2, -0.15) is 0 Å². The van der Waals surface area contributed by atoms with Crippen LogP contribution in [0.1, 0.15) is 33.6 Å².